The van der Waals surface area contributed by atoms with Crippen molar-refractivity contribution in [1.82, 2.24) is 10.2 Å². The van der Waals surface area contributed by atoms with Gasteiger partial charge in [0.15, 0.2) is 5.78 Å². The first-order valence-corrected chi connectivity index (χ1v) is 8.25. The van der Waals surface area contributed by atoms with E-state index in [-0.39, 0.29) is 16.9 Å². The van der Waals surface area contributed by atoms with Crippen LogP contribution >= 0.6 is 11.8 Å². The Kier molecular flexibility index (Phi) is 3.50. The SMILES string of the molecule is O=C(c1ccc2[nH]nc(-c3cccc(F)c3)c2c1)C1CC=CS1. The van der Waals surface area contributed by atoms with Crippen LogP contribution in [0.5, 0.6) is 0 Å². The van der Waals surface area contributed by atoms with Gasteiger partial charge in [0.25, 0.3) is 0 Å². The van der Waals surface area contributed by atoms with Gasteiger partial charge in [0.05, 0.1) is 10.8 Å². The van der Waals surface area contributed by atoms with Crippen LogP contribution in [0.15, 0.2) is 53.9 Å². The largest absolute Gasteiger partial charge is 0.293 e. The summed E-state index contributed by atoms with van der Waals surface area (Å²) in [5.41, 5.74) is 2.85. The number of aromatic nitrogens is 2. The maximum absolute atomic E-state index is 13.5. The van der Waals surface area contributed by atoms with Crippen LogP contribution in [0.2, 0.25) is 0 Å². The molecule has 1 aromatic heterocycles. The molecule has 2 aromatic carbocycles. The van der Waals surface area contributed by atoms with E-state index in [1.165, 1.54) is 12.1 Å². The molecule has 1 aliphatic heterocycles. The summed E-state index contributed by atoms with van der Waals surface area (Å²) in [6, 6.07) is 11.8. The highest BCUT2D eigenvalue weighted by atomic mass is 32.2. The lowest BCUT2D eigenvalue weighted by Crippen LogP contribution is -2.14. The number of ketones is 1. The topological polar surface area (TPSA) is 45.8 Å². The minimum absolute atomic E-state index is 0.0445. The second-order valence-corrected chi connectivity index (χ2v) is 6.55. The van der Waals surface area contributed by atoms with Crippen molar-refractivity contribution in [2.45, 2.75) is 11.7 Å². The van der Waals surface area contributed by atoms with Crippen molar-refractivity contribution < 1.29 is 9.18 Å². The van der Waals surface area contributed by atoms with Crippen LogP contribution in [0.25, 0.3) is 22.2 Å². The van der Waals surface area contributed by atoms with E-state index in [1.54, 1.807) is 17.8 Å². The van der Waals surface area contributed by atoms with E-state index in [2.05, 4.69) is 10.2 Å². The number of aromatic amines is 1. The third kappa shape index (κ3) is 2.57. The Morgan fingerprint density at radius 1 is 1.26 bits per heavy atom. The monoisotopic (exact) mass is 324 g/mol. The number of fused-ring (bicyclic) bond motifs is 1. The molecule has 0 fully saturated rings. The summed E-state index contributed by atoms with van der Waals surface area (Å²) in [5, 5.41) is 9.98. The molecule has 1 aliphatic rings. The van der Waals surface area contributed by atoms with Crippen LogP contribution in [0.1, 0.15) is 16.8 Å². The van der Waals surface area contributed by atoms with Crippen LogP contribution in [0.4, 0.5) is 4.39 Å². The second-order valence-electron chi connectivity index (χ2n) is 5.44. The number of nitrogens with zero attached hydrogens (tertiary/aromatic N) is 1. The first kappa shape index (κ1) is 14.2. The van der Waals surface area contributed by atoms with E-state index < -0.39 is 0 Å². The maximum Gasteiger partial charge on any atom is 0.176 e. The molecule has 2 heterocycles. The molecule has 1 N–H and O–H groups in total. The summed E-state index contributed by atoms with van der Waals surface area (Å²) in [7, 11) is 0. The van der Waals surface area contributed by atoms with Gasteiger partial charge in [-0.25, -0.2) is 4.39 Å². The number of H-pyrrole nitrogens is 1. The molecule has 0 amide bonds. The molecular formula is C18H13FN2OS. The second kappa shape index (κ2) is 5.66. The first-order chi connectivity index (χ1) is 11.2. The smallest absolute Gasteiger partial charge is 0.176 e. The highest BCUT2D eigenvalue weighted by Crippen LogP contribution is 2.31. The number of benzene rings is 2. The van der Waals surface area contributed by atoms with Gasteiger partial charge in [0, 0.05) is 16.5 Å². The van der Waals surface area contributed by atoms with Crippen molar-refractivity contribution in [1.29, 1.82) is 0 Å². The highest BCUT2D eigenvalue weighted by Gasteiger charge is 2.22. The molecule has 0 bridgehead atoms. The Bertz CT molecular complexity index is 924. The summed E-state index contributed by atoms with van der Waals surface area (Å²) in [5.74, 6) is -0.187. The van der Waals surface area contributed by atoms with Crippen LogP contribution < -0.4 is 0 Å². The van der Waals surface area contributed by atoms with Crippen molar-refractivity contribution in [2.24, 2.45) is 0 Å². The minimum Gasteiger partial charge on any atom is -0.293 e. The number of hydrogen-bond donors (Lipinski definition) is 1. The van der Waals surface area contributed by atoms with Gasteiger partial charge in [0.2, 0.25) is 0 Å². The molecule has 0 radical (unpaired) electrons. The van der Waals surface area contributed by atoms with Crippen molar-refractivity contribution in [3.8, 4) is 11.3 Å². The predicted molar refractivity (Wildman–Crippen MR) is 91.0 cm³/mol. The molecule has 23 heavy (non-hydrogen) atoms. The lowest BCUT2D eigenvalue weighted by molar-refractivity contribution is 0.0991. The average molecular weight is 324 g/mol. The maximum atomic E-state index is 13.5. The standard InChI is InChI=1S/C18H13FN2OS/c19-13-4-1-3-11(9-13)17-14-10-12(6-7-15(14)20-21-17)18(22)16-5-2-8-23-16/h1-4,6-10,16H,5H2,(H,20,21). The third-order valence-corrected chi connectivity index (χ3v) is 5.01. The fourth-order valence-corrected chi connectivity index (χ4v) is 3.66. The molecule has 3 aromatic rings. The van der Waals surface area contributed by atoms with Crippen LogP contribution in [-0.2, 0) is 0 Å². The number of hydrogen-bond acceptors (Lipinski definition) is 3. The zero-order chi connectivity index (χ0) is 15.8. The first-order valence-electron chi connectivity index (χ1n) is 7.31. The molecule has 5 heteroatoms. The van der Waals surface area contributed by atoms with Crippen LogP contribution in [-0.4, -0.2) is 21.2 Å². The van der Waals surface area contributed by atoms with Gasteiger partial charge in [-0.3, -0.25) is 9.89 Å². The number of carbonyl (C=O) groups excluding carboxylic acids is 1. The average Bonchev–Trinajstić information content (AvgIpc) is 3.23. The number of Topliss-reactive ketones (excluding diaryl/α,β-unsaturated/α-hetero) is 1. The van der Waals surface area contributed by atoms with E-state index in [1.807, 2.05) is 35.7 Å². The van der Waals surface area contributed by atoms with Crippen molar-refractivity contribution >= 4 is 28.4 Å². The van der Waals surface area contributed by atoms with Gasteiger partial charge in [0.1, 0.15) is 11.5 Å². The molecule has 4 rings (SSSR count). The number of rotatable bonds is 3. The molecule has 3 nitrogen and oxygen atoms in total. The fourth-order valence-electron chi connectivity index (χ4n) is 2.76. The molecule has 1 atom stereocenters. The lowest BCUT2D eigenvalue weighted by atomic mass is 10.0. The van der Waals surface area contributed by atoms with Gasteiger partial charge in [-0.1, -0.05) is 18.2 Å². The predicted octanol–water partition coefficient (Wildman–Crippen LogP) is 4.57. The molecule has 0 saturated heterocycles. The zero-order valence-corrected chi connectivity index (χ0v) is 12.9. The zero-order valence-electron chi connectivity index (χ0n) is 12.1. The molecule has 0 saturated carbocycles. The van der Waals surface area contributed by atoms with Crippen LogP contribution in [0.3, 0.4) is 0 Å². The number of allylic oxidation sites excluding steroid dienone is 1. The summed E-state index contributed by atoms with van der Waals surface area (Å²) in [6.45, 7) is 0. The number of thioether (sulfide) groups is 1. The minimum atomic E-state index is -0.306. The van der Waals surface area contributed by atoms with E-state index in [0.717, 1.165) is 17.3 Å². The molecular weight excluding hydrogens is 311 g/mol. The fraction of sp³-hybridized carbons (Fsp3) is 0.111. The molecule has 114 valence electrons. The van der Waals surface area contributed by atoms with Gasteiger partial charge < -0.3 is 0 Å². The number of halogens is 1. The van der Waals surface area contributed by atoms with Crippen LogP contribution in [0, 0.1) is 5.82 Å². The normalized spacial score (nSPS) is 17.0. The Labute approximate surface area is 136 Å². The Morgan fingerprint density at radius 3 is 2.96 bits per heavy atom. The van der Waals surface area contributed by atoms with E-state index in [4.69, 9.17) is 0 Å². The van der Waals surface area contributed by atoms with Gasteiger partial charge in [-0.2, -0.15) is 5.10 Å². The summed E-state index contributed by atoms with van der Waals surface area (Å²) in [6.07, 6.45) is 2.78. The lowest BCUT2D eigenvalue weighted by Gasteiger charge is -2.07. The quantitative estimate of drug-likeness (QED) is 0.718. The highest BCUT2D eigenvalue weighted by molar-refractivity contribution is 8.03. The molecule has 1 unspecified atom stereocenters. The van der Waals surface area contributed by atoms with Crippen molar-refractivity contribution in [2.75, 3.05) is 0 Å². The Balaban J connectivity index is 1.78. The van der Waals surface area contributed by atoms with Crippen molar-refractivity contribution in [3.05, 3.63) is 65.3 Å². The Morgan fingerprint density at radius 2 is 2.17 bits per heavy atom. The third-order valence-electron chi connectivity index (χ3n) is 3.93. The van der Waals surface area contributed by atoms with E-state index >= 15 is 0 Å². The Hall–Kier alpha value is -2.40. The van der Waals surface area contributed by atoms with Gasteiger partial charge in [-0.05, 0) is 42.2 Å². The van der Waals surface area contributed by atoms with Gasteiger partial charge >= 0.3 is 0 Å². The summed E-state index contributed by atoms with van der Waals surface area (Å²) >= 11 is 1.55. The summed E-state index contributed by atoms with van der Waals surface area (Å²) < 4.78 is 13.5. The number of carbonyl (C=O) groups is 1. The molecule has 0 spiro atoms. The molecule has 0 aliphatic carbocycles. The van der Waals surface area contributed by atoms with Gasteiger partial charge in [-0.15, -0.1) is 11.8 Å². The van der Waals surface area contributed by atoms with E-state index in [0.29, 0.717) is 16.8 Å². The number of nitrogens with one attached hydrogen (secondary N) is 1. The summed E-state index contributed by atoms with van der Waals surface area (Å²) in [4.78, 5) is 12.6. The van der Waals surface area contributed by atoms with E-state index in [9.17, 15) is 9.18 Å². The van der Waals surface area contributed by atoms with Crippen molar-refractivity contribution in [3.63, 3.8) is 0 Å².